The molecule has 1 atom stereocenters. The van der Waals surface area contributed by atoms with Crippen molar-refractivity contribution in [2.75, 3.05) is 6.54 Å². The van der Waals surface area contributed by atoms with Crippen molar-refractivity contribution in [3.8, 4) is 0 Å². The fourth-order valence-corrected chi connectivity index (χ4v) is 2.41. The number of halogens is 1. The molecule has 96 valence electrons. The van der Waals surface area contributed by atoms with Gasteiger partial charge in [0.05, 0.1) is 5.56 Å². The molecule has 2 amide bonds. The van der Waals surface area contributed by atoms with Gasteiger partial charge in [0.2, 0.25) is 5.91 Å². The Morgan fingerprint density at radius 3 is 3.00 bits per heavy atom. The van der Waals surface area contributed by atoms with Gasteiger partial charge < -0.3 is 10.6 Å². The Balaban J connectivity index is 2.12. The Hall–Kier alpha value is -1.36. The molecule has 1 saturated heterocycles. The van der Waals surface area contributed by atoms with Crippen LogP contribution in [0.1, 0.15) is 28.8 Å². The molecule has 0 aromatic heterocycles. The molecular formula is C13H15BrN2O2. The van der Waals surface area contributed by atoms with E-state index >= 15 is 0 Å². The lowest BCUT2D eigenvalue weighted by molar-refractivity contribution is -0.124. The van der Waals surface area contributed by atoms with Crippen molar-refractivity contribution in [2.45, 2.75) is 25.8 Å². The summed E-state index contributed by atoms with van der Waals surface area (Å²) in [6, 6.07) is 5.08. The minimum absolute atomic E-state index is 0.0987. The monoisotopic (exact) mass is 310 g/mol. The number of amides is 2. The van der Waals surface area contributed by atoms with Crippen LogP contribution in [-0.2, 0) is 4.79 Å². The highest BCUT2D eigenvalue weighted by Crippen LogP contribution is 2.21. The van der Waals surface area contributed by atoms with E-state index in [0.29, 0.717) is 18.5 Å². The zero-order valence-electron chi connectivity index (χ0n) is 10.1. The van der Waals surface area contributed by atoms with E-state index < -0.39 is 6.04 Å². The van der Waals surface area contributed by atoms with Crippen molar-refractivity contribution in [2.24, 2.45) is 0 Å². The van der Waals surface area contributed by atoms with E-state index in [1.807, 2.05) is 19.1 Å². The van der Waals surface area contributed by atoms with Gasteiger partial charge in [-0.1, -0.05) is 12.1 Å². The van der Waals surface area contributed by atoms with Crippen LogP contribution < -0.4 is 10.6 Å². The van der Waals surface area contributed by atoms with Gasteiger partial charge in [0.1, 0.15) is 6.04 Å². The van der Waals surface area contributed by atoms with Crippen LogP contribution in [0.3, 0.4) is 0 Å². The van der Waals surface area contributed by atoms with E-state index in [2.05, 4.69) is 26.6 Å². The smallest absolute Gasteiger partial charge is 0.253 e. The fourth-order valence-electron chi connectivity index (χ4n) is 1.97. The van der Waals surface area contributed by atoms with Crippen LogP contribution in [0.4, 0.5) is 0 Å². The molecule has 2 rings (SSSR count). The molecule has 5 heteroatoms. The molecule has 18 heavy (non-hydrogen) atoms. The summed E-state index contributed by atoms with van der Waals surface area (Å²) in [5.74, 6) is -0.314. The molecule has 0 spiro atoms. The summed E-state index contributed by atoms with van der Waals surface area (Å²) in [7, 11) is 0. The summed E-state index contributed by atoms with van der Waals surface area (Å²) < 4.78 is 0.777. The van der Waals surface area contributed by atoms with E-state index in [-0.39, 0.29) is 11.8 Å². The Bertz CT molecular complexity index is 488. The number of aryl methyl sites for hydroxylation is 1. The first kappa shape index (κ1) is 13.1. The normalized spacial score (nSPS) is 19.2. The lowest BCUT2D eigenvalue weighted by atomic mass is 10.1. The van der Waals surface area contributed by atoms with Crippen molar-refractivity contribution in [1.82, 2.24) is 10.6 Å². The lowest BCUT2D eigenvalue weighted by Gasteiger charge is -2.23. The first-order valence-electron chi connectivity index (χ1n) is 5.93. The molecule has 1 aromatic carbocycles. The molecule has 4 nitrogen and oxygen atoms in total. The van der Waals surface area contributed by atoms with E-state index in [1.165, 1.54) is 0 Å². The average molecular weight is 311 g/mol. The van der Waals surface area contributed by atoms with Gasteiger partial charge in [-0.2, -0.15) is 0 Å². The third kappa shape index (κ3) is 2.72. The van der Waals surface area contributed by atoms with Crippen LogP contribution >= 0.6 is 15.9 Å². The second-order valence-electron chi connectivity index (χ2n) is 4.40. The molecule has 1 aliphatic rings. The van der Waals surface area contributed by atoms with E-state index in [4.69, 9.17) is 0 Å². The predicted octanol–water partition coefficient (Wildman–Crippen LogP) is 1.77. The minimum atomic E-state index is -0.418. The second-order valence-corrected chi connectivity index (χ2v) is 5.19. The van der Waals surface area contributed by atoms with E-state index in [0.717, 1.165) is 16.5 Å². The second kappa shape index (κ2) is 5.52. The van der Waals surface area contributed by atoms with Gasteiger partial charge >= 0.3 is 0 Å². The molecule has 1 heterocycles. The van der Waals surface area contributed by atoms with Crippen LogP contribution in [0.2, 0.25) is 0 Å². The maximum absolute atomic E-state index is 12.1. The number of carbonyl (C=O) groups is 2. The SMILES string of the molecule is Cc1cccc(C(=O)NC2CCCNC2=O)c1Br. The van der Waals surface area contributed by atoms with Gasteiger partial charge in [-0.25, -0.2) is 0 Å². The lowest BCUT2D eigenvalue weighted by Crippen LogP contribution is -2.50. The number of hydrogen-bond donors (Lipinski definition) is 2. The minimum Gasteiger partial charge on any atom is -0.354 e. The maximum atomic E-state index is 12.1. The number of nitrogens with one attached hydrogen (secondary N) is 2. The van der Waals surface area contributed by atoms with Crippen molar-refractivity contribution in [3.05, 3.63) is 33.8 Å². The molecule has 0 aliphatic carbocycles. The summed E-state index contributed by atoms with van der Waals surface area (Å²) in [5.41, 5.74) is 1.56. The first-order chi connectivity index (χ1) is 8.59. The van der Waals surface area contributed by atoms with Crippen LogP contribution in [0, 0.1) is 6.92 Å². The topological polar surface area (TPSA) is 58.2 Å². The van der Waals surface area contributed by atoms with Crippen LogP contribution in [0.5, 0.6) is 0 Å². The van der Waals surface area contributed by atoms with Crippen molar-refractivity contribution < 1.29 is 9.59 Å². The average Bonchev–Trinajstić information content (AvgIpc) is 2.35. The van der Waals surface area contributed by atoms with Gasteiger partial charge in [0.25, 0.3) is 5.91 Å². The van der Waals surface area contributed by atoms with Crippen molar-refractivity contribution in [1.29, 1.82) is 0 Å². The summed E-state index contributed by atoms with van der Waals surface area (Å²) in [5, 5.41) is 5.52. The number of piperidine rings is 1. The molecule has 0 bridgehead atoms. The molecule has 1 fully saturated rings. The molecule has 2 N–H and O–H groups in total. The molecule has 1 unspecified atom stereocenters. The molecular weight excluding hydrogens is 296 g/mol. The van der Waals surface area contributed by atoms with Gasteiger partial charge in [0.15, 0.2) is 0 Å². The zero-order valence-corrected chi connectivity index (χ0v) is 11.7. The Labute approximate surface area is 114 Å². The van der Waals surface area contributed by atoms with Crippen molar-refractivity contribution in [3.63, 3.8) is 0 Å². The van der Waals surface area contributed by atoms with Crippen LogP contribution in [0.15, 0.2) is 22.7 Å². The first-order valence-corrected chi connectivity index (χ1v) is 6.72. The fraction of sp³-hybridized carbons (Fsp3) is 0.385. The summed E-state index contributed by atoms with van der Waals surface area (Å²) >= 11 is 3.40. The Kier molecular flexibility index (Phi) is 4.01. The highest BCUT2D eigenvalue weighted by Gasteiger charge is 2.24. The zero-order chi connectivity index (χ0) is 13.1. The predicted molar refractivity (Wildman–Crippen MR) is 72.4 cm³/mol. The van der Waals surface area contributed by atoms with E-state index in [9.17, 15) is 9.59 Å². The number of rotatable bonds is 2. The largest absolute Gasteiger partial charge is 0.354 e. The van der Waals surface area contributed by atoms with Crippen molar-refractivity contribution >= 4 is 27.7 Å². The molecule has 0 radical (unpaired) electrons. The van der Waals surface area contributed by atoms with Gasteiger partial charge in [-0.15, -0.1) is 0 Å². The number of hydrogen-bond acceptors (Lipinski definition) is 2. The number of benzene rings is 1. The summed E-state index contributed by atoms with van der Waals surface area (Å²) in [6.07, 6.45) is 1.59. The van der Waals surface area contributed by atoms with Crippen LogP contribution in [0.25, 0.3) is 0 Å². The highest BCUT2D eigenvalue weighted by atomic mass is 79.9. The van der Waals surface area contributed by atoms with E-state index in [1.54, 1.807) is 6.07 Å². The van der Waals surface area contributed by atoms with Gasteiger partial charge in [-0.3, -0.25) is 9.59 Å². The van der Waals surface area contributed by atoms with Gasteiger partial charge in [-0.05, 0) is 47.3 Å². The van der Waals surface area contributed by atoms with Crippen LogP contribution in [-0.4, -0.2) is 24.4 Å². The molecule has 1 aromatic rings. The third-order valence-corrected chi connectivity index (χ3v) is 4.08. The van der Waals surface area contributed by atoms with Gasteiger partial charge in [0, 0.05) is 11.0 Å². The Morgan fingerprint density at radius 1 is 1.50 bits per heavy atom. The third-order valence-electron chi connectivity index (χ3n) is 3.03. The quantitative estimate of drug-likeness (QED) is 0.874. The number of carbonyl (C=O) groups excluding carboxylic acids is 2. The summed E-state index contributed by atoms with van der Waals surface area (Å²) in [4.78, 5) is 23.7. The highest BCUT2D eigenvalue weighted by molar-refractivity contribution is 9.10. The summed E-state index contributed by atoms with van der Waals surface area (Å²) in [6.45, 7) is 2.62. The Morgan fingerprint density at radius 2 is 2.28 bits per heavy atom. The maximum Gasteiger partial charge on any atom is 0.253 e. The molecule has 0 saturated carbocycles. The standard InChI is InChI=1S/C13H15BrN2O2/c1-8-4-2-5-9(11(8)14)12(17)16-10-6-3-7-15-13(10)18/h2,4-5,10H,3,6-7H2,1H3,(H,15,18)(H,16,17). The molecule has 1 aliphatic heterocycles.